The van der Waals surface area contributed by atoms with E-state index in [0.717, 1.165) is 0 Å². The lowest BCUT2D eigenvalue weighted by molar-refractivity contribution is -0.138. The number of carboxylic acids is 1. The van der Waals surface area contributed by atoms with Crippen LogP contribution in [0.3, 0.4) is 0 Å². The molecule has 0 saturated heterocycles. The Hall–Kier alpha value is -3.63. The van der Waals surface area contributed by atoms with E-state index in [1.807, 2.05) is 0 Å². The van der Waals surface area contributed by atoms with Gasteiger partial charge in [-0.1, -0.05) is 0 Å². The van der Waals surface area contributed by atoms with Crippen molar-refractivity contribution in [2.75, 3.05) is 0 Å². The number of halogens is 7. The summed E-state index contributed by atoms with van der Waals surface area (Å²) >= 11 is 0. The SMILES string of the molecule is O=C(O)c1c(C(F)(F)F)cc(-c2cc(F)cc(F)c2)nc1Oc1cc(F)ccc1F. The first-order valence-corrected chi connectivity index (χ1v) is 7.90. The Morgan fingerprint density at radius 2 is 1.53 bits per heavy atom. The Kier molecular flexibility index (Phi) is 5.38. The van der Waals surface area contributed by atoms with Gasteiger partial charge in [-0.25, -0.2) is 27.3 Å². The predicted molar refractivity (Wildman–Crippen MR) is 88.0 cm³/mol. The van der Waals surface area contributed by atoms with Gasteiger partial charge in [0, 0.05) is 17.7 Å². The van der Waals surface area contributed by atoms with E-state index < -0.39 is 69.4 Å². The molecule has 156 valence electrons. The fourth-order valence-electron chi connectivity index (χ4n) is 2.53. The van der Waals surface area contributed by atoms with Crippen molar-refractivity contribution in [1.29, 1.82) is 0 Å². The molecule has 1 heterocycles. The van der Waals surface area contributed by atoms with Gasteiger partial charge in [-0.05, 0) is 30.3 Å². The monoisotopic (exact) mass is 431 g/mol. The number of pyridine rings is 1. The average Bonchev–Trinajstić information content (AvgIpc) is 2.62. The molecule has 0 atom stereocenters. The van der Waals surface area contributed by atoms with Crippen LogP contribution in [-0.2, 0) is 6.18 Å². The Labute approximate surface area is 163 Å². The van der Waals surface area contributed by atoms with Gasteiger partial charge >= 0.3 is 12.1 Å². The van der Waals surface area contributed by atoms with Crippen LogP contribution in [0.1, 0.15) is 15.9 Å². The summed E-state index contributed by atoms with van der Waals surface area (Å²) in [5.74, 6) is -8.84. The number of hydrogen-bond acceptors (Lipinski definition) is 3. The van der Waals surface area contributed by atoms with E-state index in [1.165, 1.54) is 0 Å². The summed E-state index contributed by atoms with van der Waals surface area (Å²) in [6.07, 6.45) is -5.25. The Bertz CT molecular complexity index is 1130. The van der Waals surface area contributed by atoms with Crippen molar-refractivity contribution < 1.29 is 45.4 Å². The van der Waals surface area contributed by atoms with Crippen LogP contribution in [0.2, 0.25) is 0 Å². The number of aromatic carboxylic acids is 1. The lowest BCUT2D eigenvalue weighted by Gasteiger charge is -2.16. The van der Waals surface area contributed by atoms with Crippen molar-refractivity contribution in [3.05, 3.63) is 76.9 Å². The molecule has 0 fully saturated rings. The number of rotatable bonds is 4. The van der Waals surface area contributed by atoms with Gasteiger partial charge in [0.2, 0.25) is 5.88 Å². The molecule has 1 N–H and O–H groups in total. The first kappa shape index (κ1) is 21.1. The number of hydrogen-bond donors (Lipinski definition) is 1. The maximum atomic E-state index is 13.9. The Morgan fingerprint density at radius 1 is 0.900 bits per heavy atom. The van der Waals surface area contributed by atoms with Crippen LogP contribution in [0.15, 0.2) is 42.5 Å². The number of benzene rings is 2. The zero-order valence-electron chi connectivity index (χ0n) is 14.4. The fourth-order valence-corrected chi connectivity index (χ4v) is 2.53. The largest absolute Gasteiger partial charge is 0.477 e. The highest BCUT2D eigenvalue weighted by atomic mass is 19.4. The second-order valence-corrected chi connectivity index (χ2v) is 5.87. The van der Waals surface area contributed by atoms with E-state index in [0.29, 0.717) is 36.4 Å². The summed E-state index contributed by atoms with van der Waals surface area (Å²) in [6, 6.07) is 3.77. The van der Waals surface area contributed by atoms with E-state index in [-0.39, 0.29) is 6.07 Å². The molecule has 30 heavy (non-hydrogen) atoms. The Morgan fingerprint density at radius 3 is 2.10 bits per heavy atom. The summed E-state index contributed by atoms with van der Waals surface area (Å²) in [7, 11) is 0. The fraction of sp³-hybridized carbons (Fsp3) is 0.0526. The van der Waals surface area contributed by atoms with Crippen molar-refractivity contribution in [2.24, 2.45) is 0 Å². The van der Waals surface area contributed by atoms with Crippen molar-refractivity contribution in [3.8, 4) is 22.9 Å². The number of aromatic nitrogens is 1. The van der Waals surface area contributed by atoms with Crippen molar-refractivity contribution in [3.63, 3.8) is 0 Å². The van der Waals surface area contributed by atoms with Crippen LogP contribution in [0, 0.1) is 23.3 Å². The van der Waals surface area contributed by atoms with E-state index in [9.17, 15) is 40.6 Å². The van der Waals surface area contributed by atoms with Gasteiger partial charge in [-0.15, -0.1) is 0 Å². The van der Waals surface area contributed by atoms with Gasteiger partial charge < -0.3 is 9.84 Å². The molecule has 0 amide bonds. The maximum absolute atomic E-state index is 13.9. The molecular weight excluding hydrogens is 423 g/mol. The third-order valence-corrected chi connectivity index (χ3v) is 3.76. The molecule has 11 heteroatoms. The number of nitrogens with zero attached hydrogens (tertiary/aromatic N) is 1. The van der Waals surface area contributed by atoms with Crippen LogP contribution in [0.25, 0.3) is 11.3 Å². The third kappa shape index (κ3) is 4.34. The lowest BCUT2D eigenvalue weighted by Crippen LogP contribution is -2.16. The summed E-state index contributed by atoms with van der Waals surface area (Å²) in [4.78, 5) is 15.0. The van der Waals surface area contributed by atoms with E-state index in [1.54, 1.807) is 0 Å². The first-order valence-electron chi connectivity index (χ1n) is 7.90. The second-order valence-electron chi connectivity index (χ2n) is 5.87. The molecule has 4 nitrogen and oxygen atoms in total. The van der Waals surface area contributed by atoms with Crippen molar-refractivity contribution >= 4 is 5.97 Å². The quantitative estimate of drug-likeness (QED) is 0.530. The van der Waals surface area contributed by atoms with Crippen LogP contribution in [0.5, 0.6) is 11.6 Å². The van der Waals surface area contributed by atoms with Crippen LogP contribution in [-0.4, -0.2) is 16.1 Å². The highest BCUT2D eigenvalue weighted by Crippen LogP contribution is 2.39. The minimum Gasteiger partial charge on any atom is -0.477 e. The minimum absolute atomic E-state index is 0.256. The molecule has 1 aromatic heterocycles. The van der Waals surface area contributed by atoms with Crippen LogP contribution < -0.4 is 4.74 Å². The van der Waals surface area contributed by atoms with Crippen LogP contribution >= 0.6 is 0 Å². The summed E-state index contributed by atoms with van der Waals surface area (Å²) < 4.78 is 99.6. The van der Waals surface area contributed by atoms with Crippen molar-refractivity contribution in [1.82, 2.24) is 4.98 Å². The van der Waals surface area contributed by atoms with Crippen molar-refractivity contribution in [2.45, 2.75) is 6.18 Å². The maximum Gasteiger partial charge on any atom is 0.417 e. The standard InChI is InChI=1S/C19H8F7NO3/c20-9-1-2-13(23)15(6-9)30-17-16(18(28)29)12(19(24,25)26)7-14(27-17)8-3-10(21)5-11(22)4-8/h1-7H,(H,28,29). The third-order valence-electron chi connectivity index (χ3n) is 3.76. The molecule has 0 spiro atoms. The predicted octanol–water partition coefficient (Wildman–Crippen LogP) is 5.81. The van der Waals surface area contributed by atoms with Gasteiger partial charge in [-0.2, -0.15) is 13.2 Å². The molecule has 0 radical (unpaired) electrons. The molecule has 0 bridgehead atoms. The smallest absolute Gasteiger partial charge is 0.417 e. The topological polar surface area (TPSA) is 59.4 Å². The summed E-state index contributed by atoms with van der Waals surface area (Å²) in [5, 5.41) is 9.25. The van der Waals surface area contributed by atoms with E-state index in [2.05, 4.69) is 4.98 Å². The molecule has 0 unspecified atom stereocenters. The lowest BCUT2D eigenvalue weighted by atomic mass is 10.0. The summed E-state index contributed by atoms with van der Waals surface area (Å²) in [6.45, 7) is 0. The molecule has 0 aliphatic carbocycles. The molecule has 0 aliphatic heterocycles. The van der Waals surface area contributed by atoms with Crippen LogP contribution in [0.4, 0.5) is 30.7 Å². The highest BCUT2D eigenvalue weighted by Gasteiger charge is 2.39. The van der Waals surface area contributed by atoms with Gasteiger partial charge in [0.05, 0.1) is 11.3 Å². The van der Waals surface area contributed by atoms with E-state index in [4.69, 9.17) is 4.74 Å². The molecular formula is C19H8F7NO3. The molecule has 0 aliphatic rings. The zero-order valence-corrected chi connectivity index (χ0v) is 14.4. The van der Waals surface area contributed by atoms with Gasteiger partial charge in [0.1, 0.15) is 23.0 Å². The number of ether oxygens (including phenoxy) is 1. The normalized spacial score (nSPS) is 11.4. The Balaban J connectivity index is 2.30. The summed E-state index contributed by atoms with van der Waals surface area (Å²) in [5.41, 5.74) is -4.44. The number of carbonyl (C=O) groups is 1. The molecule has 3 aromatic rings. The zero-order chi connectivity index (χ0) is 22.2. The van der Waals surface area contributed by atoms with Gasteiger partial charge in [-0.3, -0.25) is 0 Å². The number of alkyl halides is 3. The van der Waals surface area contributed by atoms with Gasteiger partial charge in [0.25, 0.3) is 0 Å². The minimum atomic E-state index is -5.25. The van der Waals surface area contributed by atoms with E-state index >= 15 is 0 Å². The first-order chi connectivity index (χ1) is 14.0. The molecule has 0 saturated carbocycles. The number of carboxylic acid groups (broad SMARTS) is 1. The van der Waals surface area contributed by atoms with Gasteiger partial charge in [0.15, 0.2) is 11.6 Å². The molecule has 3 rings (SSSR count). The molecule has 2 aromatic carbocycles. The second kappa shape index (κ2) is 7.65. The average molecular weight is 431 g/mol. The highest BCUT2D eigenvalue weighted by molar-refractivity contribution is 5.93.